The summed E-state index contributed by atoms with van der Waals surface area (Å²) in [6.07, 6.45) is 1.10. The monoisotopic (exact) mass is 176 g/mol. The Balaban J connectivity index is 2.27. The molecule has 0 spiro atoms. The van der Waals surface area contributed by atoms with E-state index in [4.69, 9.17) is 5.73 Å². The van der Waals surface area contributed by atoms with Crippen molar-refractivity contribution in [1.29, 1.82) is 0 Å². The average Bonchev–Trinajstić information content (AvgIpc) is 2.17. The molecule has 0 saturated carbocycles. The molecule has 2 heteroatoms. The van der Waals surface area contributed by atoms with Crippen LogP contribution in [0.25, 0.3) is 0 Å². The van der Waals surface area contributed by atoms with Gasteiger partial charge in [0.1, 0.15) is 0 Å². The summed E-state index contributed by atoms with van der Waals surface area (Å²) in [5, 5.41) is 0. The maximum atomic E-state index is 5.71. The lowest BCUT2D eigenvalue weighted by atomic mass is 9.95. The summed E-state index contributed by atoms with van der Waals surface area (Å²) in [5.41, 5.74) is 8.63. The Hall–Kier alpha value is -0.860. The summed E-state index contributed by atoms with van der Waals surface area (Å²) in [7, 11) is 2.15. The molecule has 13 heavy (non-hydrogen) atoms. The molecule has 0 aromatic heterocycles. The van der Waals surface area contributed by atoms with Crippen molar-refractivity contribution in [1.82, 2.24) is 4.90 Å². The third-order valence-electron chi connectivity index (χ3n) is 2.89. The van der Waals surface area contributed by atoms with Gasteiger partial charge in [-0.3, -0.25) is 4.90 Å². The molecule has 1 atom stereocenters. The lowest BCUT2D eigenvalue weighted by Crippen LogP contribution is -2.42. The first-order valence-corrected chi connectivity index (χ1v) is 4.78. The second-order valence-electron chi connectivity index (χ2n) is 3.78. The number of hydrogen-bond acceptors (Lipinski definition) is 2. The molecule has 1 aliphatic heterocycles. The van der Waals surface area contributed by atoms with Crippen LogP contribution in [0.15, 0.2) is 24.3 Å². The van der Waals surface area contributed by atoms with E-state index < -0.39 is 0 Å². The molecule has 0 unspecified atom stereocenters. The van der Waals surface area contributed by atoms with Crippen LogP contribution >= 0.6 is 0 Å². The highest BCUT2D eigenvalue weighted by molar-refractivity contribution is 5.30. The van der Waals surface area contributed by atoms with Gasteiger partial charge in [-0.25, -0.2) is 0 Å². The number of nitrogens with two attached hydrogens (primary N) is 1. The quantitative estimate of drug-likeness (QED) is 0.691. The molecule has 2 rings (SSSR count). The largest absolute Gasteiger partial charge is 0.329 e. The van der Waals surface area contributed by atoms with Gasteiger partial charge in [-0.05, 0) is 24.6 Å². The third kappa shape index (κ3) is 1.60. The van der Waals surface area contributed by atoms with Gasteiger partial charge in [0, 0.05) is 19.1 Å². The van der Waals surface area contributed by atoms with E-state index in [1.165, 1.54) is 11.1 Å². The number of likely N-dealkylation sites (N-methyl/N-ethyl adjacent to an activating group) is 1. The van der Waals surface area contributed by atoms with Crippen LogP contribution in [0.4, 0.5) is 0 Å². The van der Waals surface area contributed by atoms with E-state index in [1.807, 2.05) is 0 Å². The molecule has 2 nitrogen and oxygen atoms in total. The van der Waals surface area contributed by atoms with Crippen molar-refractivity contribution in [2.45, 2.75) is 19.0 Å². The summed E-state index contributed by atoms with van der Waals surface area (Å²) >= 11 is 0. The molecule has 0 aliphatic carbocycles. The van der Waals surface area contributed by atoms with Crippen molar-refractivity contribution in [3.63, 3.8) is 0 Å². The summed E-state index contributed by atoms with van der Waals surface area (Å²) in [5.74, 6) is 0. The highest BCUT2D eigenvalue weighted by Crippen LogP contribution is 2.20. The topological polar surface area (TPSA) is 29.3 Å². The van der Waals surface area contributed by atoms with Crippen LogP contribution in [0.2, 0.25) is 0 Å². The van der Waals surface area contributed by atoms with Crippen molar-refractivity contribution >= 4 is 0 Å². The Labute approximate surface area is 79.4 Å². The maximum Gasteiger partial charge on any atom is 0.0259 e. The van der Waals surface area contributed by atoms with Crippen LogP contribution in [-0.4, -0.2) is 24.5 Å². The van der Waals surface area contributed by atoms with Gasteiger partial charge in [-0.1, -0.05) is 24.3 Å². The fourth-order valence-electron chi connectivity index (χ4n) is 1.98. The zero-order valence-electron chi connectivity index (χ0n) is 8.03. The normalized spacial score (nSPS) is 22.8. The summed E-state index contributed by atoms with van der Waals surface area (Å²) in [6, 6.07) is 9.16. The number of nitrogens with zero attached hydrogens (tertiary/aromatic N) is 1. The van der Waals surface area contributed by atoms with Gasteiger partial charge in [0.05, 0.1) is 0 Å². The second kappa shape index (κ2) is 3.48. The SMILES string of the molecule is CN1Cc2ccccc2C[C@H]1CN. The summed E-state index contributed by atoms with van der Waals surface area (Å²) < 4.78 is 0. The fraction of sp³-hybridized carbons (Fsp3) is 0.455. The van der Waals surface area contributed by atoms with Gasteiger partial charge in [0.25, 0.3) is 0 Å². The Morgan fingerprint density at radius 1 is 1.38 bits per heavy atom. The maximum absolute atomic E-state index is 5.71. The molecular weight excluding hydrogens is 160 g/mol. The molecule has 1 aliphatic rings. The zero-order valence-corrected chi connectivity index (χ0v) is 8.03. The van der Waals surface area contributed by atoms with Crippen LogP contribution in [0.3, 0.4) is 0 Å². The Bertz CT molecular complexity index is 296. The van der Waals surface area contributed by atoms with Crippen molar-refractivity contribution in [2.24, 2.45) is 5.73 Å². The van der Waals surface area contributed by atoms with E-state index >= 15 is 0 Å². The molecule has 1 aromatic rings. The van der Waals surface area contributed by atoms with Crippen molar-refractivity contribution in [3.05, 3.63) is 35.4 Å². The molecule has 0 amide bonds. The van der Waals surface area contributed by atoms with Gasteiger partial charge < -0.3 is 5.73 Å². The first-order valence-electron chi connectivity index (χ1n) is 4.78. The van der Waals surface area contributed by atoms with Crippen molar-refractivity contribution in [2.75, 3.05) is 13.6 Å². The van der Waals surface area contributed by atoms with E-state index in [-0.39, 0.29) is 0 Å². The molecule has 0 fully saturated rings. The Morgan fingerprint density at radius 2 is 2.08 bits per heavy atom. The minimum Gasteiger partial charge on any atom is -0.329 e. The van der Waals surface area contributed by atoms with Crippen LogP contribution in [-0.2, 0) is 13.0 Å². The first-order chi connectivity index (χ1) is 6.31. The Kier molecular flexibility index (Phi) is 2.34. The smallest absolute Gasteiger partial charge is 0.0259 e. The summed E-state index contributed by atoms with van der Waals surface area (Å²) in [4.78, 5) is 2.34. The highest BCUT2D eigenvalue weighted by atomic mass is 15.1. The predicted molar refractivity (Wildman–Crippen MR) is 54.5 cm³/mol. The molecular formula is C11H16N2. The highest BCUT2D eigenvalue weighted by Gasteiger charge is 2.20. The molecule has 0 bridgehead atoms. The standard InChI is InChI=1S/C11H16N2/c1-13-8-10-5-3-2-4-9(10)6-11(13)7-12/h2-5,11H,6-8,12H2,1H3/t11-/m0/s1. The number of rotatable bonds is 1. The van der Waals surface area contributed by atoms with Crippen molar-refractivity contribution in [3.8, 4) is 0 Å². The van der Waals surface area contributed by atoms with Crippen LogP contribution in [0, 0.1) is 0 Å². The van der Waals surface area contributed by atoms with E-state index in [0.717, 1.165) is 19.5 Å². The molecule has 1 heterocycles. The fourth-order valence-corrected chi connectivity index (χ4v) is 1.98. The van der Waals surface area contributed by atoms with Gasteiger partial charge in [-0.2, -0.15) is 0 Å². The van der Waals surface area contributed by atoms with Crippen molar-refractivity contribution < 1.29 is 0 Å². The van der Waals surface area contributed by atoms with Gasteiger partial charge in [0.2, 0.25) is 0 Å². The lowest BCUT2D eigenvalue weighted by Gasteiger charge is -2.33. The van der Waals surface area contributed by atoms with E-state index in [0.29, 0.717) is 6.04 Å². The molecule has 2 N–H and O–H groups in total. The Morgan fingerprint density at radius 3 is 2.77 bits per heavy atom. The number of fused-ring (bicyclic) bond motifs is 1. The number of benzene rings is 1. The third-order valence-corrected chi connectivity index (χ3v) is 2.89. The second-order valence-corrected chi connectivity index (χ2v) is 3.78. The minimum atomic E-state index is 0.523. The van der Waals surface area contributed by atoms with E-state index in [2.05, 4.69) is 36.2 Å². The zero-order chi connectivity index (χ0) is 9.26. The molecule has 0 radical (unpaired) electrons. The van der Waals surface area contributed by atoms with Crippen LogP contribution < -0.4 is 5.73 Å². The summed E-state index contributed by atoms with van der Waals surface area (Å²) in [6.45, 7) is 1.79. The average molecular weight is 176 g/mol. The minimum absolute atomic E-state index is 0.523. The first kappa shape index (κ1) is 8.73. The van der Waals surface area contributed by atoms with Gasteiger partial charge in [-0.15, -0.1) is 0 Å². The van der Waals surface area contributed by atoms with Crippen LogP contribution in [0.5, 0.6) is 0 Å². The van der Waals surface area contributed by atoms with Crippen LogP contribution in [0.1, 0.15) is 11.1 Å². The van der Waals surface area contributed by atoms with Gasteiger partial charge in [0.15, 0.2) is 0 Å². The molecule has 70 valence electrons. The van der Waals surface area contributed by atoms with E-state index in [9.17, 15) is 0 Å². The molecule has 0 saturated heterocycles. The predicted octanol–water partition coefficient (Wildman–Crippen LogP) is 1.00. The lowest BCUT2D eigenvalue weighted by molar-refractivity contribution is 0.221. The molecule has 1 aromatic carbocycles. The van der Waals surface area contributed by atoms with E-state index in [1.54, 1.807) is 0 Å². The van der Waals surface area contributed by atoms with Gasteiger partial charge >= 0.3 is 0 Å². The number of hydrogen-bond donors (Lipinski definition) is 1.